The fraction of sp³-hybridized carbons (Fsp3) is 0.148. The summed E-state index contributed by atoms with van der Waals surface area (Å²) in [6.45, 7) is 5.05. The molecule has 1 fully saturated rings. The summed E-state index contributed by atoms with van der Waals surface area (Å²) in [6.07, 6.45) is 1.62. The van der Waals surface area contributed by atoms with Crippen molar-refractivity contribution in [3.63, 3.8) is 0 Å². The average molecular weight is 592 g/mol. The highest BCUT2D eigenvalue weighted by atomic mass is 79.9. The predicted octanol–water partition coefficient (Wildman–Crippen LogP) is 4.87. The van der Waals surface area contributed by atoms with Gasteiger partial charge in [0.2, 0.25) is 5.91 Å². The maximum Gasteiger partial charge on any atom is 0.294 e. The van der Waals surface area contributed by atoms with Gasteiger partial charge < -0.3 is 5.32 Å². The van der Waals surface area contributed by atoms with Gasteiger partial charge in [0.05, 0.1) is 15.8 Å². The van der Waals surface area contributed by atoms with Gasteiger partial charge in [-0.2, -0.15) is 4.68 Å². The Morgan fingerprint density at radius 2 is 1.74 bits per heavy atom. The van der Waals surface area contributed by atoms with Crippen LogP contribution in [0.1, 0.15) is 22.8 Å². The molecule has 192 valence electrons. The fourth-order valence-electron chi connectivity index (χ4n) is 4.36. The molecule has 38 heavy (non-hydrogen) atoms. The number of aryl methyl sites for hydroxylation is 2. The van der Waals surface area contributed by atoms with Crippen molar-refractivity contribution in [2.24, 2.45) is 0 Å². The highest BCUT2D eigenvalue weighted by Gasteiger charge is 2.36. The van der Waals surface area contributed by atoms with Gasteiger partial charge in [0.1, 0.15) is 12.4 Å². The van der Waals surface area contributed by atoms with Crippen LogP contribution in [0.4, 0.5) is 10.5 Å². The Morgan fingerprint density at radius 3 is 2.47 bits per heavy atom. The van der Waals surface area contributed by atoms with Gasteiger partial charge in [-0.1, -0.05) is 28.1 Å². The lowest BCUT2D eigenvalue weighted by atomic mass is 10.2. The number of para-hydroxylation sites is 1. The smallest absolute Gasteiger partial charge is 0.294 e. The number of hydrogen-bond acceptors (Lipinski definition) is 6. The van der Waals surface area contributed by atoms with E-state index in [1.165, 1.54) is 4.68 Å². The molecule has 0 spiro atoms. The molecule has 5 rings (SSSR count). The highest BCUT2D eigenvalue weighted by Crippen LogP contribution is 2.33. The summed E-state index contributed by atoms with van der Waals surface area (Å²) in [7, 11) is 0. The number of aromatic nitrogens is 3. The molecule has 4 aromatic rings. The van der Waals surface area contributed by atoms with E-state index >= 15 is 0 Å². The molecule has 2 aromatic carbocycles. The van der Waals surface area contributed by atoms with Crippen molar-refractivity contribution < 1.29 is 14.4 Å². The topological polar surface area (TPSA) is 106 Å². The van der Waals surface area contributed by atoms with E-state index in [0.717, 1.165) is 26.8 Å². The van der Waals surface area contributed by atoms with Crippen LogP contribution in [0.5, 0.6) is 0 Å². The SMILES string of the molecule is Cc1cc(C=C2SC(=O)N(CC(=O)Nc3ccc(Br)cc3)C2=O)c(C)n1-n1c(C)nc2ccccc2c1=O. The van der Waals surface area contributed by atoms with Crippen molar-refractivity contribution in [1.29, 1.82) is 0 Å². The van der Waals surface area contributed by atoms with Gasteiger partial charge in [-0.3, -0.25) is 28.8 Å². The molecule has 1 saturated heterocycles. The molecule has 9 nitrogen and oxygen atoms in total. The third-order valence-electron chi connectivity index (χ3n) is 6.14. The summed E-state index contributed by atoms with van der Waals surface area (Å²) in [4.78, 5) is 57.2. The van der Waals surface area contributed by atoms with Gasteiger partial charge in [0.15, 0.2) is 0 Å². The van der Waals surface area contributed by atoms with E-state index in [1.807, 2.05) is 26.0 Å². The van der Waals surface area contributed by atoms with Gasteiger partial charge in [-0.25, -0.2) is 4.98 Å². The Labute approximate surface area is 230 Å². The summed E-state index contributed by atoms with van der Waals surface area (Å²) in [6, 6.07) is 16.0. The number of carbonyl (C=O) groups is 3. The predicted molar refractivity (Wildman–Crippen MR) is 151 cm³/mol. The first kappa shape index (κ1) is 25.7. The molecule has 0 aliphatic carbocycles. The molecular weight excluding hydrogens is 570 g/mol. The molecule has 1 aliphatic heterocycles. The first-order valence-electron chi connectivity index (χ1n) is 11.6. The van der Waals surface area contributed by atoms with Crippen LogP contribution < -0.4 is 10.9 Å². The summed E-state index contributed by atoms with van der Waals surface area (Å²) in [5, 5.41) is 2.66. The number of halogens is 1. The van der Waals surface area contributed by atoms with Gasteiger partial charge in [-0.05, 0) is 86.6 Å². The van der Waals surface area contributed by atoms with Crippen molar-refractivity contribution in [3.05, 3.63) is 97.1 Å². The highest BCUT2D eigenvalue weighted by molar-refractivity contribution is 9.10. The molecule has 11 heteroatoms. The largest absolute Gasteiger partial charge is 0.325 e. The average Bonchev–Trinajstić information content (AvgIpc) is 3.30. The van der Waals surface area contributed by atoms with Crippen LogP contribution in [0.25, 0.3) is 17.0 Å². The fourth-order valence-corrected chi connectivity index (χ4v) is 5.45. The summed E-state index contributed by atoms with van der Waals surface area (Å²) >= 11 is 4.11. The lowest BCUT2D eigenvalue weighted by Crippen LogP contribution is -2.36. The van der Waals surface area contributed by atoms with Crippen LogP contribution in [0.2, 0.25) is 0 Å². The Morgan fingerprint density at radius 1 is 1.03 bits per heavy atom. The molecule has 1 N–H and O–H groups in total. The van der Waals surface area contributed by atoms with Gasteiger partial charge in [-0.15, -0.1) is 0 Å². The monoisotopic (exact) mass is 591 g/mol. The molecule has 3 heterocycles. The number of carbonyl (C=O) groups excluding carboxylic acids is 3. The number of amides is 3. The number of hydrogen-bond donors (Lipinski definition) is 1. The van der Waals surface area contributed by atoms with Crippen LogP contribution in [-0.4, -0.2) is 42.8 Å². The number of thioether (sulfide) groups is 1. The lowest BCUT2D eigenvalue weighted by molar-refractivity contribution is -0.127. The van der Waals surface area contributed by atoms with E-state index in [1.54, 1.807) is 60.1 Å². The van der Waals surface area contributed by atoms with Crippen LogP contribution >= 0.6 is 27.7 Å². The number of nitrogens with one attached hydrogen (secondary N) is 1. The van der Waals surface area contributed by atoms with E-state index in [0.29, 0.717) is 33.7 Å². The summed E-state index contributed by atoms with van der Waals surface area (Å²) in [5.74, 6) is -0.511. The zero-order valence-corrected chi connectivity index (χ0v) is 23.1. The van der Waals surface area contributed by atoms with Crippen molar-refractivity contribution in [3.8, 4) is 0 Å². The Bertz CT molecular complexity index is 1720. The van der Waals surface area contributed by atoms with E-state index in [-0.39, 0.29) is 10.5 Å². The first-order valence-corrected chi connectivity index (χ1v) is 13.2. The zero-order valence-electron chi connectivity index (χ0n) is 20.7. The molecule has 3 amide bonds. The summed E-state index contributed by atoms with van der Waals surface area (Å²) < 4.78 is 4.12. The van der Waals surface area contributed by atoms with Gasteiger partial charge in [0, 0.05) is 21.5 Å². The minimum atomic E-state index is -0.545. The lowest BCUT2D eigenvalue weighted by Gasteiger charge is -2.16. The van der Waals surface area contributed by atoms with E-state index < -0.39 is 23.6 Å². The second-order valence-electron chi connectivity index (χ2n) is 8.75. The molecule has 2 aromatic heterocycles. The van der Waals surface area contributed by atoms with Crippen molar-refractivity contribution >= 4 is 67.4 Å². The second-order valence-corrected chi connectivity index (χ2v) is 10.7. The van der Waals surface area contributed by atoms with E-state index in [9.17, 15) is 19.2 Å². The maximum absolute atomic E-state index is 13.3. The molecule has 0 bridgehead atoms. The Kier molecular flexibility index (Phi) is 6.80. The quantitative estimate of drug-likeness (QED) is 0.332. The third-order valence-corrected chi connectivity index (χ3v) is 7.58. The molecule has 0 radical (unpaired) electrons. The number of benzene rings is 2. The van der Waals surface area contributed by atoms with Gasteiger partial charge >= 0.3 is 0 Å². The molecule has 1 aliphatic rings. The van der Waals surface area contributed by atoms with Gasteiger partial charge in [0.25, 0.3) is 16.7 Å². The number of rotatable bonds is 5. The van der Waals surface area contributed by atoms with Crippen LogP contribution in [0, 0.1) is 20.8 Å². The Balaban J connectivity index is 1.42. The molecular formula is C27H22BrN5O4S. The standard InChI is InChI=1S/C27H22BrN5O4S/c1-15-12-18(16(2)32(15)33-17(3)29-22-7-5-4-6-21(22)25(33)35)13-23-26(36)31(27(37)38-23)14-24(34)30-20-10-8-19(28)9-11-20/h4-13H,14H2,1-3H3,(H,30,34). The Hall–Kier alpha value is -3.96. The molecule has 0 saturated carbocycles. The second kappa shape index (κ2) is 10.1. The van der Waals surface area contributed by atoms with Crippen LogP contribution in [-0.2, 0) is 9.59 Å². The minimum Gasteiger partial charge on any atom is -0.325 e. The number of imide groups is 1. The van der Waals surface area contributed by atoms with Crippen molar-refractivity contribution in [2.75, 3.05) is 11.9 Å². The van der Waals surface area contributed by atoms with E-state index in [4.69, 9.17) is 0 Å². The van der Waals surface area contributed by atoms with Crippen LogP contribution in [0.3, 0.4) is 0 Å². The number of fused-ring (bicyclic) bond motifs is 1. The number of anilines is 1. The zero-order chi connectivity index (χ0) is 27.1. The molecule has 0 unspecified atom stereocenters. The summed E-state index contributed by atoms with van der Waals surface area (Å²) in [5.41, 5.74) is 3.09. The maximum atomic E-state index is 13.3. The van der Waals surface area contributed by atoms with Crippen molar-refractivity contribution in [2.45, 2.75) is 20.8 Å². The minimum absolute atomic E-state index is 0.201. The third kappa shape index (κ3) is 4.70. The molecule has 0 atom stereocenters. The number of nitrogens with zero attached hydrogens (tertiary/aromatic N) is 4. The normalized spacial score (nSPS) is 14.6. The van der Waals surface area contributed by atoms with Crippen molar-refractivity contribution in [1.82, 2.24) is 19.2 Å². The first-order chi connectivity index (χ1) is 18.1. The van der Waals surface area contributed by atoms with E-state index in [2.05, 4.69) is 26.2 Å². The van der Waals surface area contributed by atoms with Crippen LogP contribution in [0.15, 0.2) is 68.8 Å².